The lowest BCUT2D eigenvalue weighted by Gasteiger charge is -2.33. The molecular weight excluding hydrogens is 274 g/mol. The van der Waals surface area contributed by atoms with Gasteiger partial charge in [0.1, 0.15) is 0 Å². The van der Waals surface area contributed by atoms with Gasteiger partial charge in [-0.25, -0.2) is 0 Å². The van der Waals surface area contributed by atoms with E-state index in [1.807, 2.05) is 0 Å². The third kappa shape index (κ3) is 5.01. The maximum Gasteiger partial charge on any atom is 0.279 e. The molecule has 0 aromatic heterocycles. The van der Waals surface area contributed by atoms with Crippen molar-refractivity contribution in [1.29, 1.82) is 0 Å². The van der Waals surface area contributed by atoms with Gasteiger partial charge in [0.05, 0.1) is 0 Å². The lowest BCUT2D eigenvalue weighted by molar-refractivity contribution is 0.278. The summed E-state index contributed by atoms with van der Waals surface area (Å²) in [5.41, 5.74) is 4.95. The van der Waals surface area contributed by atoms with E-state index in [2.05, 4.69) is 4.72 Å². The Morgan fingerprint density at radius 3 is 2.22 bits per heavy atom. The van der Waals surface area contributed by atoms with Crippen molar-refractivity contribution in [1.82, 2.24) is 9.03 Å². The van der Waals surface area contributed by atoms with Crippen molar-refractivity contribution in [3.8, 4) is 0 Å². The van der Waals surface area contributed by atoms with Crippen LogP contribution in [-0.2, 0) is 10.2 Å². The summed E-state index contributed by atoms with van der Waals surface area (Å²) in [5.74, 6) is 0. The van der Waals surface area contributed by atoms with Crippen LogP contribution in [0.1, 0.15) is 46.0 Å². The number of hydrogen-bond acceptors (Lipinski definition) is 3. The second kappa shape index (κ2) is 7.05. The zero-order valence-corrected chi connectivity index (χ0v) is 13.1. The van der Waals surface area contributed by atoms with Crippen LogP contribution in [0.15, 0.2) is 0 Å². The molecule has 0 spiro atoms. The lowest BCUT2D eigenvalue weighted by atomic mass is 9.96. The molecule has 7 heteroatoms. The summed E-state index contributed by atoms with van der Waals surface area (Å²) >= 11 is 0. The van der Waals surface area contributed by atoms with Gasteiger partial charge >= 0.3 is 0 Å². The molecular formula is C11H26ClN3O2S. The molecule has 0 aromatic carbocycles. The van der Waals surface area contributed by atoms with Crippen molar-refractivity contribution in [3.05, 3.63) is 0 Å². The van der Waals surface area contributed by atoms with E-state index in [1.54, 1.807) is 20.9 Å². The van der Waals surface area contributed by atoms with E-state index in [0.29, 0.717) is 0 Å². The van der Waals surface area contributed by atoms with Crippen LogP contribution in [-0.4, -0.2) is 37.9 Å². The molecule has 5 nitrogen and oxygen atoms in total. The molecule has 0 heterocycles. The Morgan fingerprint density at radius 2 is 1.78 bits per heavy atom. The average Bonchev–Trinajstić information content (AvgIpc) is 2.28. The Bertz CT molecular complexity index is 340. The molecule has 1 fully saturated rings. The largest absolute Gasteiger partial charge is 0.329 e. The van der Waals surface area contributed by atoms with Gasteiger partial charge in [-0.15, -0.1) is 12.4 Å². The fraction of sp³-hybridized carbons (Fsp3) is 1.00. The molecule has 0 amide bonds. The van der Waals surface area contributed by atoms with Gasteiger partial charge in [0.15, 0.2) is 0 Å². The summed E-state index contributed by atoms with van der Waals surface area (Å²) in [6.07, 6.45) is 5.36. The number of nitrogens with two attached hydrogens (primary N) is 1. The number of nitrogens with zero attached hydrogens (tertiary/aromatic N) is 1. The molecule has 1 aliphatic carbocycles. The summed E-state index contributed by atoms with van der Waals surface area (Å²) in [6, 6.07) is 0.134. The Hall–Kier alpha value is 0.120. The van der Waals surface area contributed by atoms with E-state index >= 15 is 0 Å². The molecule has 0 atom stereocenters. The minimum absolute atomic E-state index is 0. The van der Waals surface area contributed by atoms with E-state index < -0.39 is 15.7 Å². The first-order chi connectivity index (χ1) is 7.78. The topological polar surface area (TPSA) is 75.4 Å². The molecule has 0 saturated heterocycles. The lowest BCUT2D eigenvalue weighted by Crippen LogP contribution is -2.55. The maximum atomic E-state index is 12.2. The molecule has 3 N–H and O–H groups in total. The summed E-state index contributed by atoms with van der Waals surface area (Å²) in [5, 5.41) is 0. The zero-order chi connectivity index (χ0) is 13.1. The molecule has 1 saturated carbocycles. The van der Waals surface area contributed by atoms with Crippen LogP contribution in [0.3, 0.4) is 0 Å². The zero-order valence-electron chi connectivity index (χ0n) is 11.5. The first-order valence-corrected chi connectivity index (χ1v) is 7.69. The molecule has 1 aliphatic rings. The van der Waals surface area contributed by atoms with Crippen LogP contribution in [0, 0.1) is 0 Å². The summed E-state index contributed by atoms with van der Waals surface area (Å²) in [4.78, 5) is 0. The van der Waals surface area contributed by atoms with Gasteiger partial charge in [-0.05, 0) is 26.7 Å². The summed E-state index contributed by atoms with van der Waals surface area (Å²) in [6.45, 7) is 3.86. The predicted octanol–water partition coefficient (Wildman–Crippen LogP) is 1.24. The minimum atomic E-state index is -3.43. The summed E-state index contributed by atoms with van der Waals surface area (Å²) in [7, 11) is -1.77. The average molecular weight is 300 g/mol. The Labute approximate surface area is 117 Å². The van der Waals surface area contributed by atoms with Gasteiger partial charge in [-0.3, -0.25) is 0 Å². The normalized spacial score (nSPS) is 18.7. The molecule has 18 heavy (non-hydrogen) atoms. The Kier molecular flexibility index (Phi) is 7.10. The van der Waals surface area contributed by atoms with Crippen LogP contribution >= 0.6 is 12.4 Å². The first-order valence-electron chi connectivity index (χ1n) is 6.25. The van der Waals surface area contributed by atoms with Crippen molar-refractivity contribution < 1.29 is 8.42 Å². The fourth-order valence-electron chi connectivity index (χ4n) is 2.10. The van der Waals surface area contributed by atoms with E-state index in [0.717, 1.165) is 25.7 Å². The second-order valence-corrected chi connectivity index (χ2v) is 7.23. The maximum absolute atomic E-state index is 12.2. The van der Waals surface area contributed by atoms with Gasteiger partial charge in [0.2, 0.25) is 0 Å². The number of rotatable bonds is 5. The van der Waals surface area contributed by atoms with Crippen molar-refractivity contribution in [2.24, 2.45) is 5.73 Å². The van der Waals surface area contributed by atoms with E-state index in [4.69, 9.17) is 5.73 Å². The third-order valence-corrected chi connectivity index (χ3v) is 5.25. The van der Waals surface area contributed by atoms with Crippen LogP contribution < -0.4 is 10.5 Å². The molecule has 0 unspecified atom stereocenters. The van der Waals surface area contributed by atoms with Gasteiger partial charge in [-0.2, -0.15) is 17.4 Å². The Morgan fingerprint density at radius 1 is 1.28 bits per heavy atom. The Balaban J connectivity index is 0.00000289. The van der Waals surface area contributed by atoms with Gasteiger partial charge < -0.3 is 5.73 Å². The van der Waals surface area contributed by atoms with Gasteiger partial charge in [0, 0.05) is 25.2 Å². The van der Waals surface area contributed by atoms with Crippen molar-refractivity contribution in [2.75, 3.05) is 13.6 Å². The molecule has 0 radical (unpaired) electrons. The monoisotopic (exact) mass is 299 g/mol. The quantitative estimate of drug-likeness (QED) is 0.802. The van der Waals surface area contributed by atoms with Crippen molar-refractivity contribution in [2.45, 2.75) is 57.5 Å². The first kappa shape index (κ1) is 18.1. The number of nitrogens with one attached hydrogen (secondary N) is 1. The number of halogens is 1. The standard InChI is InChI=1S/C11H25N3O2S.ClH/c1-11(2,9-12)13-17(15,16)14(3)10-7-5-4-6-8-10;/h10,13H,4-9,12H2,1-3H3;1H. The highest BCUT2D eigenvalue weighted by Gasteiger charge is 2.31. The van der Waals surface area contributed by atoms with E-state index in [-0.39, 0.29) is 25.0 Å². The van der Waals surface area contributed by atoms with Crippen LogP contribution in [0.5, 0.6) is 0 Å². The molecule has 0 aliphatic heterocycles. The predicted molar refractivity (Wildman–Crippen MR) is 77.1 cm³/mol. The highest BCUT2D eigenvalue weighted by atomic mass is 35.5. The second-order valence-electron chi connectivity index (χ2n) is 5.50. The van der Waals surface area contributed by atoms with Crippen molar-refractivity contribution in [3.63, 3.8) is 0 Å². The molecule has 0 bridgehead atoms. The van der Waals surface area contributed by atoms with E-state index in [9.17, 15) is 8.42 Å². The number of hydrogen-bond donors (Lipinski definition) is 2. The van der Waals surface area contributed by atoms with Crippen LogP contribution in [0.4, 0.5) is 0 Å². The fourth-order valence-corrected chi connectivity index (χ4v) is 3.63. The molecule has 1 rings (SSSR count). The van der Waals surface area contributed by atoms with Crippen LogP contribution in [0.25, 0.3) is 0 Å². The van der Waals surface area contributed by atoms with Crippen LogP contribution in [0.2, 0.25) is 0 Å². The highest BCUT2D eigenvalue weighted by molar-refractivity contribution is 7.87. The van der Waals surface area contributed by atoms with Gasteiger partial charge in [-0.1, -0.05) is 19.3 Å². The highest BCUT2D eigenvalue weighted by Crippen LogP contribution is 2.23. The SMILES string of the molecule is CN(C1CCCCC1)S(=O)(=O)NC(C)(C)CN.Cl. The molecule has 0 aromatic rings. The van der Waals surface area contributed by atoms with E-state index in [1.165, 1.54) is 10.7 Å². The molecule has 110 valence electrons. The minimum Gasteiger partial charge on any atom is -0.329 e. The summed E-state index contributed by atoms with van der Waals surface area (Å²) < 4.78 is 28.5. The van der Waals surface area contributed by atoms with Crippen molar-refractivity contribution >= 4 is 22.6 Å². The van der Waals surface area contributed by atoms with Gasteiger partial charge in [0.25, 0.3) is 10.2 Å². The smallest absolute Gasteiger partial charge is 0.279 e. The third-order valence-electron chi connectivity index (χ3n) is 3.38.